The van der Waals surface area contributed by atoms with Gasteiger partial charge in [-0.15, -0.1) is 5.10 Å². The van der Waals surface area contributed by atoms with E-state index in [9.17, 15) is 10.1 Å². The summed E-state index contributed by atoms with van der Waals surface area (Å²) in [5.74, 6) is 1.41. The van der Waals surface area contributed by atoms with Gasteiger partial charge in [0.25, 0.3) is 0 Å². The first-order valence-corrected chi connectivity index (χ1v) is 10.0. The van der Waals surface area contributed by atoms with Gasteiger partial charge in [-0.25, -0.2) is 0 Å². The molecule has 7 nitrogen and oxygen atoms in total. The molecule has 2 fully saturated rings. The van der Waals surface area contributed by atoms with Crippen LogP contribution in [0.5, 0.6) is 0 Å². The number of carbonyl (C=O) groups excluding carboxylic acids is 1. The summed E-state index contributed by atoms with van der Waals surface area (Å²) in [7, 11) is 0. The Kier molecular flexibility index (Phi) is 6.27. The molecule has 2 saturated heterocycles. The van der Waals surface area contributed by atoms with Crippen LogP contribution in [-0.4, -0.2) is 71.7 Å². The van der Waals surface area contributed by atoms with Gasteiger partial charge in [0, 0.05) is 45.7 Å². The molecule has 0 aliphatic carbocycles. The number of rotatable bonds is 4. The predicted octanol–water partition coefficient (Wildman–Crippen LogP) is 1.74. The molecule has 3 heterocycles. The maximum atomic E-state index is 12.6. The van der Waals surface area contributed by atoms with E-state index in [1.165, 1.54) is 0 Å². The van der Waals surface area contributed by atoms with Crippen molar-refractivity contribution < 1.29 is 4.79 Å². The number of aryl methyl sites for hydroxylation is 1. The van der Waals surface area contributed by atoms with Crippen LogP contribution in [0.25, 0.3) is 0 Å². The first-order chi connectivity index (χ1) is 13.0. The Balaban J connectivity index is 1.53. The van der Waals surface area contributed by atoms with Gasteiger partial charge >= 0.3 is 0 Å². The van der Waals surface area contributed by atoms with Crippen molar-refractivity contribution in [1.82, 2.24) is 20.0 Å². The lowest BCUT2D eigenvalue weighted by molar-refractivity contribution is -0.134. The molecule has 7 heteroatoms. The van der Waals surface area contributed by atoms with Crippen molar-refractivity contribution >= 4 is 11.7 Å². The van der Waals surface area contributed by atoms with E-state index in [0.29, 0.717) is 29.6 Å². The van der Waals surface area contributed by atoms with Crippen LogP contribution in [0.3, 0.4) is 0 Å². The van der Waals surface area contributed by atoms with Crippen LogP contribution < -0.4 is 4.90 Å². The van der Waals surface area contributed by atoms with E-state index in [-0.39, 0.29) is 0 Å². The van der Waals surface area contributed by atoms with E-state index in [4.69, 9.17) is 0 Å². The third kappa shape index (κ3) is 4.38. The minimum Gasteiger partial charge on any atom is -0.354 e. The third-order valence-electron chi connectivity index (χ3n) is 6.10. The lowest BCUT2D eigenvalue weighted by Gasteiger charge is -2.36. The van der Waals surface area contributed by atoms with Gasteiger partial charge in [-0.05, 0) is 44.7 Å². The van der Waals surface area contributed by atoms with Gasteiger partial charge in [-0.2, -0.15) is 10.4 Å². The van der Waals surface area contributed by atoms with Gasteiger partial charge < -0.3 is 14.7 Å². The standard InChI is InChI=1S/C20H30N6O/c1-4-24-9-11-25(12-10-24)19(27)13-17-5-7-26(8-6-17)20-18(14-21)15(2)16(3)22-23-20/h17H,4-13H2,1-3H3. The molecular formula is C20H30N6O. The summed E-state index contributed by atoms with van der Waals surface area (Å²) >= 11 is 0. The molecule has 0 radical (unpaired) electrons. The molecule has 0 atom stereocenters. The number of carbonyl (C=O) groups is 1. The summed E-state index contributed by atoms with van der Waals surface area (Å²) in [4.78, 5) is 19.2. The number of hydrogen-bond acceptors (Lipinski definition) is 6. The Morgan fingerprint density at radius 2 is 1.78 bits per heavy atom. The highest BCUT2D eigenvalue weighted by atomic mass is 16.2. The first-order valence-electron chi connectivity index (χ1n) is 10.0. The Bertz CT molecular complexity index is 712. The zero-order chi connectivity index (χ0) is 19.4. The van der Waals surface area contributed by atoms with E-state index in [0.717, 1.165) is 69.9 Å². The summed E-state index contributed by atoms with van der Waals surface area (Å²) in [5, 5.41) is 18.0. The van der Waals surface area contributed by atoms with Crippen molar-refractivity contribution in [2.45, 2.75) is 40.0 Å². The van der Waals surface area contributed by atoms with Crippen molar-refractivity contribution in [2.75, 3.05) is 50.7 Å². The summed E-state index contributed by atoms with van der Waals surface area (Å²) in [6, 6.07) is 2.29. The van der Waals surface area contributed by atoms with Crippen LogP contribution in [0.15, 0.2) is 0 Å². The molecule has 1 amide bonds. The average molecular weight is 371 g/mol. The van der Waals surface area contributed by atoms with Crippen molar-refractivity contribution in [2.24, 2.45) is 5.92 Å². The Hall–Kier alpha value is -2.20. The van der Waals surface area contributed by atoms with Crippen LogP contribution >= 0.6 is 0 Å². The Morgan fingerprint density at radius 1 is 1.11 bits per heavy atom. The second kappa shape index (κ2) is 8.66. The minimum absolute atomic E-state index is 0.299. The highest BCUT2D eigenvalue weighted by molar-refractivity contribution is 5.76. The molecule has 0 bridgehead atoms. The van der Waals surface area contributed by atoms with Crippen molar-refractivity contribution in [3.05, 3.63) is 16.8 Å². The third-order valence-corrected chi connectivity index (χ3v) is 6.10. The molecule has 146 valence electrons. The van der Waals surface area contributed by atoms with Gasteiger partial charge in [0.2, 0.25) is 5.91 Å². The lowest BCUT2D eigenvalue weighted by atomic mass is 9.92. The number of anilines is 1. The monoisotopic (exact) mass is 370 g/mol. The number of piperazine rings is 1. The fourth-order valence-electron chi connectivity index (χ4n) is 3.99. The lowest BCUT2D eigenvalue weighted by Crippen LogP contribution is -2.49. The SMILES string of the molecule is CCN1CCN(C(=O)CC2CCN(c3nnc(C)c(C)c3C#N)CC2)CC1. The average Bonchev–Trinajstić information content (AvgIpc) is 2.70. The maximum absolute atomic E-state index is 12.6. The van der Waals surface area contributed by atoms with E-state index >= 15 is 0 Å². The molecule has 2 aliphatic heterocycles. The van der Waals surface area contributed by atoms with Crippen molar-refractivity contribution in [3.8, 4) is 6.07 Å². The van der Waals surface area contributed by atoms with Gasteiger partial charge in [0.05, 0.1) is 5.69 Å². The molecule has 27 heavy (non-hydrogen) atoms. The molecule has 1 aromatic heterocycles. The molecule has 1 aromatic rings. The topological polar surface area (TPSA) is 76.4 Å². The number of aromatic nitrogens is 2. The van der Waals surface area contributed by atoms with Crippen molar-refractivity contribution in [3.63, 3.8) is 0 Å². The zero-order valence-electron chi connectivity index (χ0n) is 16.7. The van der Waals surface area contributed by atoms with Gasteiger partial charge in [0.1, 0.15) is 11.6 Å². The number of nitrogens with zero attached hydrogens (tertiary/aromatic N) is 6. The summed E-state index contributed by atoms with van der Waals surface area (Å²) in [6.45, 7) is 12.4. The summed E-state index contributed by atoms with van der Waals surface area (Å²) < 4.78 is 0. The van der Waals surface area contributed by atoms with Crippen LogP contribution in [0.1, 0.15) is 43.0 Å². The Morgan fingerprint density at radius 3 is 2.37 bits per heavy atom. The van der Waals surface area contributed by atoms with Gasteiger partial charge in [-0.3, -0.25) is 4.79 Å². The fraction of sp³-hybridized carbons (Fsp3) is 0.700. The second-order valence-electron chi connectivity index (χ2n) is 7.67. The number of amides is 1. The number of likely N-dealkylation sites (N-methyl/N-ethyl adjacent to an activating group) is 1. The molecule has 3 rings (SSSR count). The number of piperidine rings is 1. The molecule has 2 aliphatic rings. The van der Waals surface area contributed by atoms with Crippen LogP contribution in [0, 0.1) is 31.1 Å². The molecule has 0 saturated carbocycles. The van der Waals surface area contributed by atoms with Crippen LogP contribution in [0.4, 0.5) is 5.82 Å². The number of nitriles is 1. The summed E-state index contributed by atoms with van der Waals surface area (Å²) in [5.41, 5.74) is 2.34. The number of hydrogen-bond donors (Lipinski definition) is 0. The highest BCUT2D eigenvalue weighted by Crippen LogP contribution is 2.28. The highest BCUT2D eigenvalue weighted by Gasteiger charge is 2.27. The predicted molar refractivity (Wildman–Crippen MR) is 104 cm³/mol. The normalized spacial score (nSPS) is 19.2. The zero-order valence-corrected chi connectivity index (χ0v) is 16.7. The van der Waals surface area contributed by atoms with E-state index in [1.54, 1.807) is 0 Å². The quantitative estimate of drug-likeness (QED) is 0.803. The maximum Gasteiger partial charge on any atom is 0.222 e. The van der Waals surface area contributed by atoms with Crippen molar-refractivity contribution in [1.29, 1.82) is 5.26 Å². The van der Waals surface area contributed by atoms with Gasteiger partial charge in [-0.1, -0.05) is 6.92 Å². The summed E-state index contributed by atoms with van der Waals surface area (Å²) in [6.07, 6.45) is 2.56. The Labute approximate surface area is 162 Å². The molecule has 0 spiro atoms. The van der Waals surface area contributed by atoms with E-state index in [1.807, 2.05) is 18.7 Å². The molecule has 0 aromatic carbocycles. The van der Waals surface area contributed by atoms with E-state index < -0.39 is 0 Å². The van der Waals surface area contributed by atoms with Crippen LogP contribution in [0.2, 0.25) is 0 Å². The fourth-order valence-corrected chi connectivity index (χ4v) is 3.99. The largest absolute Gasteiger partial charge is 0.354 e. The van der Waals surface area contributed by atoms with E-state index in [2.05, 4.69) is 33.0 Å². The van der Waals surface area contributed by atoms with Crippen LogP contribution in [-0.2, 0) is 4.79 Å². The molecule has 0 unspecified atom stereocenters. The molecule has 0 N–H and O–H groups in total. The molecular weight excluding hydrogens is 340 g/mol. The first kappa shape index (κ1) is 19.6. The smallest absolute Gasteiger partial charge is 0.222 e. The second-order valence-corrected chi connectivity index (χ2v) is 7.67. The van der Waals surface area contributed by atoms with Gasteiger partial charge in [0.15, 0.2) is 5.82 Å². The minimum atomic E-state index is 0.299.